The van der Waals surface area contributed by atoms with Gasteiger partial charge in [-0.3, -0.25) is 14.1 Å². The molecule has 0 aromatic heterocycles. The van der Waals surface area contributed by atoms with Crippen molar-refractivity contribution in [1.29, 1.82) is 0 Å². The molecular formula is C11H12NO5P. The molecule has 0 bridgehead atoms. The van der Waals surface area contributed by atoms with Crippen LogP contribution < -0.4 is 4.52 Å². The number of carbonyl (C=O) groups excluding carboxylic acids is 2. The lowest BCUT2D eigenvalue weighted by atomic mass is 10.3. The van der Waals surface area contributed by atoms with Gasteiger partial charge < -0.3 is 4.52 Å². The number of carbonyl (C=O) groups is 2. The molecule has 0 spiro atoms. The standard InChI is InChI=1S/C11H12NO5P/c1-16-18(15,12-10(13)7-8-11(12)14)17-9-5-3-2-4-6-9/h2-6H,7-8H2,1H3. The van der Waals surface area contributed by atoms with Crippen LogP contribution in [0, 0.1) is 0 Å². The lowest BCUT2D eigenvalue weighted by molar-refractivity contribution is -0.133. The predicted octanol–water partition coefficient (Wildman–Crippen LogP) is 1.97. The average Bonchev–Trinajstić information content (AvgIpc) is 2.71. The Labute approximate surface area is 104 Å². The number of hydrogen-bond donors (Lipinski definition) is 0. The van der Waals surface area contributed by atoms with Crippen LogP contribution in [-0.2, 0) is 18.7 Å². The minimum atomic E-state index is -3.95. The second kappa shape index (κ2) is 4.92. The maximum absolute atomic E-state index is 12.4. The van der Waals surface area contributed by atoms with E-state index in [1.165, 1.54) is 0 Å². The van der Waals surface area contributed by atoms with Crippen molar-refractivity contribution in [3.8, 4) is 5.75 Å². The van der Waals surface area contributed by atoms with Gasteiger partial charge >= 0.3 is 7.75 Å². The van der Waals surface area contributed by atoms with E-state index in [-0.39, 0.29) is 18.6 Å². The highest BCUT2D eigenvalue weighted by atomic mass is 31.2. The van der Waals surface area contributed by atoms with E-state index in [9.17, 15) is 14.2 Å². The fourth-order valence-corrected chi connectivity index (χ4v) is 3.07. The summed E-state index contributed by atoms with van der Waals surface area (Å²) in [6, 6.07) is 8.26. The quantitative estimate of drug-likeness (QED) is 0.617. The summed E-state index contributed by atoms with van der Waals surface area (Å²) in [5, 5.41) is 0. The van der Waals surface area contributed by atoms with Crippen molar-refractivity contribution in [3.05, 3.63) is 30.3 Å². The van der Waals surface area contributed by atoms with Gasteiger partial charge in [0.25, 0.3) is 0 Å². The third-order valence-electron chi connectivity index (χ3n) is 2.46. The molecule has 1 atom stereocenters. The summed E-state index contributed by atoms with van der Waals surface area (Å²) in [6.45, 7) is 0. The highest BCUT2D eigenvalue weighted by Crippen LogP contribution is 2.53. The number of hydrogen-bond acceptors (Lipinski definition) is 5. The Morgan fingerprint density at radius 3 is 2.17 bits per heavy atom. The smallest absolute Gasteiger partial charge is 0.409 e. The summed E-state index contributed by atoms with van der Waals surface area (Å²) in [6.07, 6.45) is 0.0642. The molecule has 1 aliphatic heterocycles. The SMILES string of the molecule is COP(=O)(Oc1ccccc1)N1C(=O)CCC1=O. The Bertz CT molecular complexity index is 499. The molecule has 1 fully saturated rings. The number of imide groups is 1. The van der Waals surface area contributed by atoms with Crippen LogP contribution in [0.4, 0.5) is 0 Å². The minimum absolute atomic E-state index is 0.0321. The van der Waals surface area contributed by atoms with Gasteiger partial charge in [-0.2, -0.15) is 4.67 Å². The second-order valence-corrected chi connectivity index (χ2v) is 5.54. The Kier molecular flexibility index (Phi) is 3.50. The number of para-hydroxylation sites is 1. The van der Waals surface area contributed by atoms with Crippen LogP contribution in [-0.4, -0.2) is 23.6 Å². The van der Waals surface area contributed by atoms with Gasteiger partial charge in [-0.25, -0.2) is 4.57 Å². The molecule has 1 aromatic carbocycles. The van der Waals surface area contributed by atoms with E-state index in [2.05, 4.69) is 0 Å². The number of rotatable bonds is 4. The first-order valence-electron chi connectivity index (χ1n) is 5.33. The molecular weight excluding hydrogens is 257 g/mol. The molecule has 0 saturated carbocycles. The predicted molar refractivity (Wildman–Crippen MR) is 62.8 cm³/mol. The highest BCUT2D eigenvalue weighted by molar-refractivity contribution is 7.53. The fraction of sp³-hybridized carbons (Fsp3) is 0.273. The Morgan fingerprint density at radius 2 is 1.67 bits per heavy atom. The van der Waals surface area contributed by atoms with Gasteiger partial charge in [0, 0.05) is 20.0 Å². The van der Waals surface area contributed by atoms with E-state index >= 15 is 0 Å². The summed E-state index contributed by atoms with van der Waals surface area (Å²) >= 11 is 0. The normalized spacial score (nSPS) is 18.8. The Balaban J connectivity index is 2.28. The highest BCUT2D eigenvalue weighted by Gasteiger charge is 2.46. The van der Waals surface area contributed by atoms with E-state index in [1.54, 1.807) is 30.3 Å². The van der Waals surface area contributed by atoms with E-state index < -0.39 is 19.6 Å². The van der Waals surface area contributed by atoms with E-state index in [0.29, 0.717) is 4.67 Å². The summed E-state index contributed by atoms with van der Waals surface area (Å²) in [5.74, 6) is -0.808. The largest absolute Gasteiger partial charge is 0.497 e. The van der Waals surface area contributed by atoms with Gasteiger partial charge in [0.2, 0.25) is 11.8 Å². The van der Waals surface area contributed by atoms with Crippen LogP contribution >= 0.6 is 7.75 Å². The number of nitrogens with zero attached hydrogens (tertiary/aromatic N) is 1. The van der Waals surface area contributed by atoms with Gasteiger partial charge in [0.05, 0.1) is 0 Å². The van der Waals surface area contributed by atoms with Crippen molar-refractivity contribution in [2.24, 2.45) is 0 Å². The molecule has 2 rings (SSSR count). The van der Waals surface area contributed by atoms with Crippen molar-refractivity contribution >= 4 is 19.6 Å². The molecule has 96 valence electrons. The van der Waals surface area contributed by atoms with Crippen LogP contribution in [0.2, 0.25) is 0 Å². The van der Waals surface area contributed by atoms with Crippen LogP contribution in [0.3, 0.4) is 0 Å². The zero-order valence-corrected chi connectivity index (χ0v) is 10.6. The molecule has 2 amide bonds. The van der Waals surface area contributed by atoms with Crippen molar-refractivity contribution in [1.82, 2.24) is 4.67 Å². The molecule has 1 aromatic rings. The van der Waals surface area contributed by atoms with Gasteiger partial charge in [0.1, 0.15) is 5.75 Å². The third kappa shape index (κ3) is 2.30. The van der Waals surface area contributed by atoms with E-state index in [1.807, 2.05) is 0 Å². The number of benzene rings is 1. The zero-order valence-electron chi connectivity index (χ0n) is 9.74. The van der Waals surface area contributed by atoms with Crippen molar-refractivity contribution in [2.45, 2.75) is 12.8 Å². The van der Waals surface area contributed by atoms with Gasteiger partial charge in [-0.15, -0.1) is 0 Å². The minimum Gasteiger partial charge on any atom is -0.409 e. The molecule has 0 aliphatic carbocycles. The van der Waals surface area contributed by atoms with Crippen molar-refractivity contribution in [3.63, 3.8) is 0 Å². The van der Waals surface area contributed by atoms with Crippen molar-refractivity contribution in [2.75, 3.05) is 7.11 Å². The van der Waals surface area contributed by atoms with Gasteiger partial charge in [-0.1, -0.05) is 18.2 Å². The van der Waals surface area contributed by atoms with Crippen molar-refractivity contribution < 1.29 is 23.2 Å². The molecule has 7 heteroatoms. The van der Waals surface area contributed by atoms with Crippen LogP contribution in [0.5, 0.6) is 5.75 Å². The van der Waals surface area contributed by atoms with Crippen LogP contribution in [0.1, 0.15) is 12.8 Å². The van der Waals surface area contributed by atoms with Crippen LogP contribution in [0.15, 0.2) is 30.3 Å². The summed E-state index contributed by atoms with van der Waals surface area (Å²) in [4.78, 5) is 23.1. The van der Waals surface area contributed by atoms with Crippen LogP contribution in [0.25, 0.3) is 0 Å². The maximum atomic E-state index is 12.4. The summed E-state index contributed by atoms with van der Waals surface area (Å²) in [5.41, 5.74) is 0. The molecule has 1 saturated heterocycles. The molecule has 1 aliphatic rings. The molecule has 18 heavy (non-hydrogen) atoms. The first-order valence-corrected chi connectivity index (χ1v) is 6.83. The fourth-order valence-electron chi connectivity index (χ4n) is 1.61. The molecule has 0 N–H and O–H groups in total. The van der Waals surface area contributed by atoms with E-state index in [0.717, 1.165) is 7.11 Å². The van der Waals surface area contributed by atoms with E-state index in [4.69, 9.17) is 9.05 Å². The topological polar surface area (TPSA) is 72.9 Å². The molecule has 1 unspecified atom stereocenters. The first-order chi connectivity index (χ1) is 8.57. The first kappa shape index (κ1) is 12.8. The summed E-state index contributed by atoms with van der Waals surface area (Å²) < 4.78 is 23.0. The number of amides is 2. The summed E-state index contributed by atoms with van der Waals surface area (Å²) in [7, 11) is -2.81. The Morgan fingerprint density at radius 1 is 1.11 bits per heavy atom. The lowest BCUT2D eigenvalue weighted by Crippen LogP contribution is -2.28. The average molecular weight is 269 g/mol. The molecule has 0 radical (unpaired) electrons. The lowest BCUT2D eigenvalue weighted by Gasteiger charge is -2.23. The van der Waals surface area contributed by atoms with Gasteiger partial charge in [0.15, 0.2) is 0 Å². The zero-order chi connectivity index (χ0) is 13.2. The second-order valence-electron chi connectivity index (χ2n) is 3.65. The van der Waals surface area contributed by atoms with Gasteiger partial charge in [-0.05, 0) is 12.1 Å². The molecule has 6 nitrogen and oxygen atoms in total. The third-order valence-corrected chi connectivity index (χ3v) is 4.30. The maximum Gasteiger partial charge on any atom is 0.497 e. The molecule has 1 heterocycles. The monoisotopic (exact) mass is 269 g/mol. The Hall–Kier alpha value is -1.65.